The molecule has 5 heteroatoms. The molecule has 0 aliphatic heterocycles. The molecule has 1 radical (unpaired) electrons. The molecule has 4 aromatic heterocycles. The number of rotatable bonds is 5. The van der Waals surface area contributed by atoms with Gasteiger partial charge in [-0.15, -0.1) is 54.1 Å². The van der Waals surface area contributed by atoms with Crippen LogP contribution in [0.5, 0.6) is 0 Å². The Bertz CT molecular complexity index is 2090. The van der Waals surface area contributed by atoms with Crippen LogP contribution in [0, 0.1) is 12.1 Å². The van der Waals surface area contributed by atoms with E-state index in [0.29, 0.717) is 5.71 Å². The first-order valence-corrected chi connectivity index (χ1v) is 14.5. The van der Waals surface area contributed by atoms with E-state index in [1.807, 2.05) is 103 Å². The Morgan fingerprint density at radius 2 is 1.36 bits per heavy atom. The number of pyridine rings is 3. The Labute approximate surface area is 275 Å². The van der Waals surface area contributed by atoms with E-state index < -0.39 is 0 Å². The quantitative estimate of drug-likeness (QED) is 0.164. The average Bonchev–Trinajstić information content (AvgIpc) is 3.48. The Kier molecular flexibility index (Phi) is 9.31. The average molecular weight is 758 g/mol. The van der Waals surface area contributed by atoms with E-state index in [1.54, 1.807) is 6.20 Å². The van der Waals surface area contributed by atoms with Gasteiger partial charge in [-0.1, -0.05) is 89.8 Å². The number of aromatic nitrogens is 3. The van der Waals surface area contributed by atoms with Crippen LogP contribution in [-0.2, 0) is 26.5 Å². The monoisotopic (exact) mass is 758 g/mol. The molecule has 4 heterocycles. The summed E-state index contributed by atoms with van der Waals surface area (Å²) in [5.41, 5.74) is 9.59. The maximum absolute atomic E-state index is 6.28. The molecule has 4 nitrogen and oxygen atoms in total. The van der Waals surface area contributed by atoms with Crippen molar-refractivity contribution in [1.82, 2.24) is 15.0 Å². The first-order valence-electron chi connectivity index (χ1n) is 14.5. The minimum Gasteiger partial charge on any atom is -0.486 e. The van der Waals surface area contributed by atoms with Crippen molar-refractivity contribution in [3.63, 3.8) is 0 Å². The number of nitrogens with zero attached hydrogens (tertiary/aromatic N) is 3. The summed E-state index contributed by atoms with van der Waals surface area (Å²) in [5.74, 6) is 0. The van der Waals surface area contributed by atoms with Gasteiger partial charge in [0.1, 0.15) is 0 Å². The minimum absolute atomic E-state index is 0. The van der Waals surface area contributed by atoms with E-state index in [4.69, 9.17) is 9.40 Å². The molecule has 0 atom stereocenters. The second-order valence-electron chi connectivity index (χ2n) is 10.3. The third-order valence-electron chi connectivity index (χ3n) is 7.36. The molecule has 0 fully saturated rings. The number of benzene rings is 4. The number of hydrogen-bond acceptors (Lipinski definition) is 4. The van der Waals surface area contributed by atoms with Crippen molar-refractivity contribution in [2.24, 2.45) is 0 Å². The maximum atomic E-state index is 6.28. The molecule has 4 aromatic carbocycles. The largest absolute Gasteiger partial charge is 0.486 e. The molecular weight excluding hydrogens is 731 g/mol. The van der Waals surface area contributed by atoms with Crippen LogP contribution in [0.1, 0.15) is 11.3 Å². The minimum atomic E-state index is 0. The molecule has 0 aliphatic carbocycles. The SMILES string of the molecule is [Ir].[c-]1ccc2c(oc3nc(Cc4ccccc4)ccc32)c1-c1cc(-c2ccccc2)ccn1.[c-]1ccccc1-c1ccccn1. The molecule has 0 bridgehead atoms. The van der Waals surface area contributed by atoms with Gasteiger partial charge in [0.05, 0.1) is 5.58 Å². The van der Waals surface area contributed by atoms with Crippen LogP contribution in [0.2, 0.25) is 0 Å². The zero-order chi connectivity index (χ0) is 29.6. The van der Waals surface area contributed by atoms with Crippen LogP contribution in [-0.4, -0.2) is 15.0 Å². The van der Waals surface area contributed by atoms with E-state index in [1.165, 1.54) is 5.56 Å². The van der Waals surface area contributed by atoms with Gasteiger partial charge in [0.25, 0.3) is 0 Å². The van der Waals surface area contributed by atoms with Gasteiger partial charge >= 0.3 is 0 Å². The number of hydrogen-bond donors (Lipinski definition) is 0. The molecule has 0 unspecified atom stereocenters. The van der Waals surface area contributed by atoms with Crippen LogP contribution in [0.4, 0.5) is 0 Å². The van der Waals surface area contributed by atoms with Gasteiger partial charge in [-0.05, 0) is 52.3 Å². The summed E-state index contributed by atoms with van der Waals surface area (Å²) in [6, 6.07) is 53.1. The number of fused-ring (bicyclic) bond motifs is 3. The van der Waals surface area contributed by atoms with Gasteiger partial charge in [0, 0.05) is 50.0 Å². The molecular formula is C40H27IrN3O-2. The molecule has 0 N–H and O–H groups in total. The molecule has 0 saturated carbocycles. The van der Waals surface area contributed by atoms with Crippen molar-refractivity contribution in [2.45, 2.75) is 6.42 Å². The van der Waals surface area contributed by atoms with Crippen LogP contribution in [0.25, 0.3) is 55.7 Å². The Hall–Kier alpha value is -5.22. The standard InChI is InChI=1S/C29H19N2O.C11H8N.Ir/c1-3-8-20(9-4-1)18-23-14-15-25-24-12-7-13-26(28(24)32-29(25)31-23)27-19-22(16-17-30-27)21-10-5-2-6-11-21;1-2-6-10(7-3-1)11-8-4-5-9-12-11;/h1-12,14-17,19H,18H2;1-6,8-9H;/q2*-1;. The van der Waals surface area contributed by atoms with E-state index >= 15 is 0 Å². The summed E-state index contributed by atoms with van der Waals surface area (Å²) in [6.45, 7) is 0. The summed E-state index contributed by atoms with van der Waals surface area (Å²) in [7, 11) is 0. The topological polar surface area (TPSA) is 51.8 Å². The van der Waals surface area contributed by atoms with Crippen LogP contribution < -0.4 is 0 Å². The summed E-state index contributed by atoms with van der Waals surface area (Å²) in [5, 5.41) is 2.03. The van der Waals surface area contributed by atoms with Crippen LogP contribution >= 0.6 is 0 Å². The summed E-state index contributed by atoms with van der Waals surface area (Å²) in [6.07, 6.45) is 4.40. The third-order valence-corrected chi connectivity index (χ3v) is 7.36. The van der Waals surface area contributed by atoms with Crippen LogP contribution in [0.15, 0.2) is 156 Å². The van der Waals surface area contributed by atoms with Crippen molar-refractivity contribution in [1.29, 1.82) is 0 Å². The van der Waals surface area contributed by atoms with Gasteiger partial charge in [-0.3, -0.25) is 0 Å². The van der Waals surface area contributed by atoms with Crippen molar-refractivity contribution in [3.8, 4) is 33.6 Å². The van der Waals surface area contributed by atoms with Gasteiger partial charge in [0.15, 0.2) is 0 Å². The molecule has 8 aromatic rings. The molecule has 219 valence electrons. The Balaban J connectivity index is 0.000000231. The van der Waals surface area contributed by atoms with Gasteiger partial charge in [-0.2, -0.15) is 0 Å². The van der Waals surface area contributed by atoms with Crippen LogP contribution in [0.3, 0.4) is 0 Å². The van der Waals surface area contributed by atoms with Crippen molar-refractivity contribution in [2.75, 3.05) is 0 Å². The maximum Gasteiger partial charge on any atom is 0.216 e. The Morgan fingerprint density at radius 1 is 0.578 bits per heavy atom. The smallest absolute Gasteiger partial charge is 0.216 e. The van der Waals surface area contributed by atoms with Crippen molar-refractivity contribution >= 4 is 22.1 Å². The fraction of sp³-hybridized carbons (Fsp3) is 0.0250. The van der Waals surface area contributed by atoms with Crippen molar-refractivity contribution < 1.29 is 24.5 Å². The van der Waals surface area contributed by atoms with Gasteiger partial charge < -0.3 is 14.4 Å². The molecule has 45 heavy (non-hydrogen) atoms. The Morgan fingerprint density at radius 3 is 2.13 bits per heavy atom. The molecule has 0 spiro atoms. The first kappa shape index (κ1) is 29.8. The fourth-order valence-electron chi connectivity index (χ4n) is 5.21. The molecule has 8 rings (SSSR count). The second-order valence-corrected chi connectivity index (χ2v) is 10.3. The van der Waals surface area contributed by atoms with E-state index in [0.717, 1.165) is 62.1 Å². The van der Waals surface area contributed by atoms with Crippen molar-refractivity contribution in [3.05, 3.63) is 175 Å². The second kappa shape index (κ2) is 14.0. The van der Waals surface area contributed by atoms with E-state index in [-0.39, 0.29) is 20.1 Å². The van der Waals surface area contributed by atoms with E-state index in [9.17, 15) is 0 Å². The predicted molar refractivity (Wildman–Crippen MR) is 177 cm³/mol. The summed E-state index contributed by atoms with van der Waals surface area (Å²) in [4.78, 5) is 13.6. The summed E-state index contributed by atoms with van der Waals surface area (Å²) >= 11 is 0. The zero-order valence-corrected chi connectivity index (χ0v) is 26.6. The predicted octanol–water partition coefficient (Wildman–Crippen LogP) is 9.65. The van der Waals surface area contributed by atoms with Gasteiger partial charge in [-0.25, -0.2) is 4.98 Å². The molecule has 0 aliphatic rings. The molecule has 0 saturated heterocycles. The normalized spacial score (nSPS) is 10.6. The first-order chi connectivity index (χ1) is 21.8. The fourth-order valence-corrected chi connectivity index (χ4v) is 5.21. The third kappa shape index (κ3) is 6.81. The zero-order valence-electron chi connectivity index (χ0n) is 24.2. The van der Waals surface area contributed by atoms with Gasteiger partial charge in [0.2, 0.25) is 5.71 Å². The summed E-state index contributed by atoms with van der Waals surface area (Å²) < 4.78 is 6.28. The molecule has 0 amide bonds. The van der Waals surface area contributed by atoms with E-state index in [2.05, 4.69) is 64.6 Å². The number of furan rings is 1.